The maximum absolute atomic E-state index is 10.1. The Morgan fingerprint density at radius 2 is 2.00 bits per heavy atom. The first-order valence-corrected chi connectivity index (χ1v) is 6.36. The van der Waals surface area contributed by atoms with Crippen LogP contribution in [0.3, 0.4) is 0 Å². The maximum atomic E-state index is 10.1. The summed E-state index contributed by atoms with van der Waals surface area (Å²) in [6, 6.07) is 3.72. The molecule has 102 valence electrons. The molecule has 4 heteroatoms. The van der Waals surface area contributed by atoms with Crippen molar-refractivity contribution in [3.63, 3.8) is 0 Å². The Kier molecular flexibility index (Phi) is 4.57. The van der Waals surface area contributed by atoms with Crippen LogP contribution in [-0.4, -0.2) is 27.8 Å². The molecule has 0 aliphatic heterocycles. The van der Waals surface area contributed by atoms with Gasteiger partial charge in [-0.15, -0.1) is 0 Å². The Morgan fingerprint density at radius 3 is 2.56 bits per heavy atom. The fourth-order valence-electron chi connectivity index (χ4n) is 1.26. The normalized spacial score (nSPS) is 12.3. The zero-order valence-electron chi connectivity index (χ0n) is 11.9. The molecule has 1 heterocycles. The number of aromatic nitrogens is 1. The van der Waals surface area contributed by atoms with Gasteiger partial charge < -0.3 is 15.2 Å². The van der Waals surface area contributed by atoms with Crippen molar-refractivity contribution in [1.29, 1.82) is 0 Å². The van der Waals surface area contributed by atoms with Crippen molar-refractivity contribution in [3.8, 4) is 5.75 Å². The molecule has 0 aliphatic rings. The van der Waals surface area contributed by atoms with Gasteiger partial charge in [-0.1, -0.05) is 6.92 Å². The lowest BCUT2D eigenvalue weighted by atomic mass is 9.86. The van der Waals surface area contributed by atoms with Crippen molar-refractivity contribution in [3.05, 3.63) is 18.3 Å². The molecule has 0 amide bonds. The zero-order valence-corrected chi connectivity index (χ0v) is 11.9. The van der Waals surface area contributed by atoms with Gasteiger partial charge in [-0.25, -0.2) is 4.98 Å². The molecule has 0 aliphatic carbocycles. The molecule has 1 aromatic rings. The Hall–Kier alpha value is -1.29. The number of nitrogens with zero attached hydrogens (tertiary/aromatic N) is 1. The highest BCUT2D eigenvalue weighted by atomic mass is 16.5. The Balaban J connectivity index is 2.90. The van der Waals surface area contributed by atoms with Gasteiger partial charge in [0, 0.05) is 6.20 Å². The van der Waals surface area contributed by atoms with Gasteiger partial charge in [-0.05, 0) is 46.2 Å². The highest BCUT2D eigenvalue weighted by molar-refractivity contribution is 5.51. The molecular weight excluding hydrogens is 228 g/mol. The van der Waals surface area contributed by atoms with Crippen LogP contribution in [0, 0.1) is 0 Å². The minimum atomic E-state index is -0.869. The highest BCUT2D eigenvalue weighted by Crippen LogP contribution is 2.29. The minimum absolute atomic E-state index is 0.508. The molecule has 0 atom stereocenters. The molecule has 0 radical (unpaired) electrons. The fraction of sp³-hybridized carbons (Fsp3) is 0.643. The second kappa shape index (κ2) is 5.57. The van der Waals surface area contributed by atoms with Gasteiger partial charge in [0.05, 0.1) is 17.7 Å². The van der Waals surface area contributed by atoms with Gasteiger partial charge in [0.1, 0.15) is 0 Å². The second-order valence-electron chi connectivity index (χ2n) is 5.51. The molecule has 1 aromatic heterocycles. The van der Waals surface area contributed by atoms with E-state index in [1.165, 1.54) is 0 Å². The molecule has 0 unspecified atom stereocenters. The van der Waals surface area contributed by atoms with Crippen molar-refractivity contribution in [2.75, 3.05) is 11.9 Å². The van der Waals surface area contributed by atoms with E-state index in [1.54, 1.807) is 20.0 Å². The third-order valence-corrected chi connectivity index (χ3v) is 3.19. The molecule has 0 spiro atoms. The number of anilines is 1. The first-order chi connectivity index (χ1) is 8.28. The first-order valence-electron chi connectivity index (χ1n) is 6.36. The van der Waals surface area contributed by atoms with Crippen LogP contribution in [0.4, 0.5) is 5.82 Å². The topological polar surface area (TPSA) is 54.4 Å². The molecule has 0 bridgehead atoms. The van der Waals surface area contributed by atoms with Gasteiger partial charge in [0.15, 0.2) is 11.6 Å². The van der Waals surface area contributed by atoms with Crippen molar-refractivity contribution in [2.24, 2.45) is 0 Å². The van der Waals surface area contributed by atoms with E-state index in [0.29, 0.717) is 12.4 Å². The molecule has 0 aromatic carbocycles. The van der Waals surface area contributed by atoms with Gasteiger partial charge in [0.25, 0.3) is 0 Å². The SMILES string of the molecule is CCCOc1cccnc1NC(C)(C)C(C)(C)O. The number of nitrogens with one attached hydrogen (secondary N) is 1. The van der Waals surface area contributed by atoms with E-state index in [-0.39, 0.29) is 0 Å². The predicted molar refractivity (Wildman–Crippen MR) is 74.0 cm³/mol. The summed E-state index contributed by atoms with van der Waals surface area (Å²) in [5.41, 5.74) is -1.38. The summed E-state index contributed by atoms with van der Waals surface area (Å²) < 4.78 is 5.64. The Bertz CT molecular complexity index is 384. The average Bonchev–Trinajstić information content (AvgIpc) is 2.26. The van der Waals surface area contributed by atoms with E-state index in [0.717, 1.165) is 12.2 Å². The number of ether oxygens (including phenoxy) is 1. The van der Waals surface area contributed by atoms with Crippen LogP contribution in [0.5, 0.6) is 5.75 Å². The van der Waals surface area contributed by atoms with Crippen molar-refractivity contribution in [2.45, 2.75) is 52.2 Å². The van der Waals surface area contributed by atoms with Crippen LogP contribution < -0.4 is 10.1 Å². The van der Waals surface area contributed by atoms with Crippen molar-refractivity contribution < 1.29 is 9.84 Å². The maximum Gasteiger partial charge on any atom is 0.169 e. The van der Waals surface area contributed by atoms with E-state index in [1.807, 2.05) is 26.0 Å². The summed E-state index contributed by atoms with van der Waals surface area (Å²) in [5, 5.41) is 13.4. The summed E-state index contributed by atoms with van der Waals surface area (Å²) in [4.78, 5) is 4.28. The zero-order chi connectivity index (χ0) is 13.8. The van der Waals surface area contributed by atoms with E-state index >= 15 is 0 Å². The molecule has 1 rings (SSSR count). The van der Waals surface area contributed by atoms with Crippen LogP contribution in [0.15, 0.2) is 18.3 Å². The number of aliphatic hydroxyl groups is 1. The van der Waals surface area contributed by atoms with Crippen LogP contribution in [-0.2, 0) is 0 Å². The number of pyridine rings is 1. The molecule has 0 fully saturated rings. The quantitative estimate of drug-likeness (QED) is 0.817. The number of hydrogen-bond donors (Lipinski definition) is 2. The van der Waals surface area contributed by atoms with Crippen LogP contribution >= 0.6 is 0 Å². The van der Waals surface area contributed by atoms with Gasteiger partial charge in [-0.3, -0.25) is 0 Å². The predicted octanol–water partition coefficient (Wildman–Crippen LogP) is 2.83. The largest absolute Gasteiger partial charge is 0.490 e. The Labute approximate surface area is 109 Å². The summed E-state index contributed by atoms with van der Waals surface area (Å²) in [6.07, 6.45) is 2.66. The molecule has 0 saturated carbocycles. The van der Waals surface area contributed by atoms with Gasteiger partial charge >= 0.3 is 0 Å². The lowest BCUT2D eigenvalue weighted by molar-refractivity contribution is 0.0237. The fourth-order valence-corrected chi connectivity index (χ4v) is 1.26. The minimum Gasteiger partial charge on any atom is -0.490 e. The van der Waals surface area contributed by atoms with E-state index in [9.17, 15) is 5.11 Å². The third kappa shape index (κ3) is 3.60. The van der Waals surface area contributed by atoms with Crippen LogP contribution in [0.25, 0.3) is 0 Å². The summed E-state index contributed by atoms with van der Waals surface area (Å²) >= 11 is 0. The van der Waals surface area contributed by atoms with Crippen molar-refractivity contribution in [1.82, 2.24) is 4.98 Å². The molecular formula is C14H24N2O2. The lowest BCUT2D eigenvalue weighted by Crippen LogP contribution is -2.51. The Morgan fingerprint density at radius 1 is 1.33 bits per heavy atom. The summed E-state index contributed by atoms with van der Waals surface area (Å²) in [6.45, 7) is 10.1. The van der Waals surface area contributed by atoms with Crippen LogP contribution in [0.2, 0.25) is 0 Å². The lowest BCUT2D eigenvalue weighted by Gasteiger charge is -2.38. The summed E-state index contributed by atoms with van der Waals surface area (Å²) in [5.74, 6) is 1.38. The molecule has 2 N–H and O–H groups in total. The molecule has 4 nitrogen and oxygen atoms in total. The molecule has 0 saturated heterocycles. The smallest absolute Gasteiger partial charge is 0.169 e. The average molecular weight is 252 g/mol. The van der Waals surface area contributed by atoms with Gasteiger partial charge in [-0.2, -0.15) is 0 Å². The van der Waals surface area contributed by atoms with E-state index < -0.39 is 11.1 Å². The number of rotatable bonds is 6. The van der Waals surface area contributed by atoms with Crippen molar-refractivity contribution >= 4 is 5.82 Å². The van der Waals surface area contributed by atoms with Crippen LogP contribution in [0.1, 0.15) is 41.0 Å². The molecule has 18 heavy (non-hydrogen) atoms. The standard InChI is InChI=1S/C14H24N2O2/c1-6-10-18-11-8-7-9-15-12(11)16-13(2,3)14(4,5)17/h7-9,17H,6,10H2,1-5H3,(H,15,16). The van der Waals surface area contributed by atoms with E-state index in [4.69, 9.17) is 4.74 Å². The monoisotopic (exact) mass is 252 g/mol. The van der Waals surface area contributed by atoms with Gasteiger partial charge in [0.2, 0.25) is 0 Å². The second-order valence-corrected chi connectivity index (χ2v) is 5.51. The highest BCUT2D eigenvalue weighted by Gasteiger charge is 2.35. The number of hydrogen-bond acceptors (Lipinski definition) is 4. The first kappa shape index (κ1) is 14.8. The summed E-state index contributed by atoms with van der Waals surface area (Å²) in [7, 11) is 0. The van der Waals surface area contributed by atoms with E-state index in [2.05, 4.69) is 17.2 Å². The third-order valence-electron chi connectivity index (χ3n) is 3.19.